The Labute approximate surface area is 155 Å². The normalized spacial score (nSPS) is 11.6. The Morgan fingerprint density at radius 2 is 2.12 bits per heavy atom. The zero-order valence-corrected chi connectivity index (χ0v) is 15.9. The summed E-state index contributed by atoms with van der Waals surface area (Å²) in [6, 6.07) is 7.55. The Morgan fingerprint density at radius 1 is 1.33 bits per heavy atom. The van der Waals surface area contributed by atoms with Crippen LogP contribution in [-0.2, 0) is 16.6 Å². The molecule has 3 rings (SSSR count). The minimum absolute atomic E-state index is 0.0742. The average Bonchev–Trinajstić information content (AvgIpc) is 3.14. The van der Waals surface area contributed by atoms with Crippen LogP contribution >= 0.6 is 38.9 Å². The number of nitrogens with zero attached hydrogens (tertiary/aromatic N) is 2. The van der Waals surface area contributed by atoms with Crippen molar-refractivity contribution < 1.29 is 12.8 Å². The first-order valence-corrected chi connectivity index (χ1v) is 10.1. The lowest BCUT2D eigenvalue weighted by molar-refractivity contribution is 0.585. The number of halogens is 3. The van der Waals surface area contributed by atoms with Gasteiger partial charge in [0, 0.05) is 16.8 Å². The highest BCUT2D eigenvalue weighted by Crippen LogP contribution is 2.26. The zero-order chi connectivity index (χ0) is 17.3. The predicted octanol–water partition coefficient (Wildman–Crippen LogP) is 4.35. The van der Waals surface area contributed by atoms with Gasteiger partial charge in [-0.05, 0) is 39.5 Å². The zero-order valence-electron chi connectivity index (χ0n) is 11.9. The lowest BCUT2D eigenvalue weighted by Gasteiger charge is -2.06. The molecule has 2 heterocycles. The van der Waals surface area contributed by atoms with Gasteiger partial charge < -0.3 is 0 Å². The minimum Gasteiger partial charge on any atom is -0.265 e. The highest BCUT2D eigenvalue weighted by atomic mass is 79.9. The predicted molar refractivity (Wildman–Crippen MR) is 95.6 cm³/mol. The second kappa shape index (κ2) is 6.83. The molecule has 0 unspecified atom stereocenters. The van der Waals surface area contributed by atoms with E-state index in [-0.39, 0.29) is 27.2 Å². The van der Waals surface area contributed by atoms with Crippen molar-refractivity contribution in [2.45, 2.75) is 10.8 Å². The molecule has 0 atom stereocenters. The molecule has 0 aliphatic heterocycles. The van der Waals surface area contributed by atoms with Crippen molar-refractivity contribution in [1.29, 1.82) is 0 Å². The fourth-order valence-electron chi connectivity index (χ4n) is 1.99. The smallest absolute Gasteiger partial charge is 0.265 e. The highest BCUT2D eigenvalue weighted by molar-refractivity contribution is 9.10. The van der Waals surface area contributed by atoms with Crippen molar-refractivity contribution in [1.82, 2.24) is 9.78 Å². The van der Waals surface area contributed by atoms with E-state index in [1.807, 2.05) is 0 Å². The number of hydrogen-bond acceptors (Lipinski definition) is 4. The van der Waals surface area contributed by atoms with Crippen molar-refractivity contribution in [3.05, 3.63) is 62.8 Å². The molecule has 5 nitrogen and oxygen atoms in total. The third-order valence-electron chi connectivity index (χ3n) is 3.09. The Morgan fingerprint density at radius 3 is 2.79 bits per heavy atom. The van der Waals surface area contributed by atoms with Crippen molar-refractivity contribution in [3.8, 4) is 0 Å². The minimum atomic E-state index is -3.71. The molecular weight excluding hydrogens is 441 g/mol. The van der Waals surface area contributed by atoms with E-state index in [1.54, 1.807) is 23.7 Å². The van der Waals surface area contributed by atoms with Crippen LogP contribution in [0.15, 0.2) is 50.6 Å². The second-order valence-corrected chi connectivity index (χ2v) is 8.88. The lowest BCUT2D eigenvalue weighted by atomic mass is 10.2. The van der Waals surface area contributed by atoms with Gasteiger partial charge in [0.2, 0.25) is 0 Å². The molecule has 3 aromatic rings. The highest BCUT2D eigenvalue weighted by Gasteiger charge is 2.19. The van der Waals surface area contributed by atoms with Gasteiger partial charge in [-0.25, -0.2) is 12.8 Å². The largest absolute Gasteiger partial charge is 0.272 e. The third kappa shape index (κ3) is 3.64. The standard InChI is InChI=1S/C14H10BrClFN3O2S2/c15-10-8-20(7-9-11(16)3-1-4-12(9)17)18-14(10)19-24(21,22)13-5-2-6-23-13/h1-6,8H,7H2,(H,18,19). The average molecular weight is 451 g/mol. The fourth-order valence-corrected chi connectivity index (χ4v) is 4.77. The SMILES string of the molecule is O=S(=O)(Nc1nn(Cc2c(F)cccc2Cl)cc1Br)c1cccs1. The first-order valence-electron chi connectivity index (χ1n) is 6.59. The third-order valence-corrected chi connectivity index (χ3v) is 6.76. The molecule has 2 aromatic heterocycles. The van der Waals surface area contributed by atoms with Gasteiger partial charge in [0.25, 0.3) is 10.0 Å². The molecule has 10 heteroatoms. The van der Waals surface area contributed by atoms with E-state index < -0.39 is 15.8 Å². The van der Waals surface area contributed by atoms with Gasteiger partial charge in [-0.3, -0.25) is 9.40 Å². The van der Waals surface area contributed by atoms with Crippen LogP contribution in [0.5, 0.6) is 0 Å². The van der Waals surface area contributed by atoms with Crippen LogP contribution in [-0.4, -0.2) is 18.2 Å². The number of thiophene rings is 1. The quantitative estimate of drug-likeness (QED) is 0.628. The van der Waals surface area contributed by atoms with Gasteiger partial charge in [-0.1, -0.05) is 23.7 Å². The van der Waals surface area contributed by atoms with Crippen molar-refractivity contribution in [3.63, 3.8) is 0 Å². The maximum Gasteiger partial charge on any atom is 0.272 e. The lowest BCUT2D eigenvalue weighted by Crippen LogP contribution is -2.13. The second-order valence-electron chi connectivity index (χ2n) is 4.76. The Balaban J connectivity index is 1.86. The van der Waals surface area contributed by atoms with Crippen molar-refractivity contribution in [2.24, 2.45) is 0 Å². The number of rotatable bonds is 5. The number of hydrogen-bond donors (Lipinski definition) is 1. The molecule has 0 aliphatic carbocycles. The molecule has 0 saturated carbocycles. The van der Waals surface area contributed by atoms with Gasteiger partial charge in [-0.2, -0.15) is 5.10 Å². The molecule has 0 aliphatic rings. The van der Waals surface area contributed by atoms with Gasteiger partial charge in [0.15, 0.2) is 5.82 Å². The van der Waals surface area contributed by atoms with Gasteiger partial charge in [-0.15, -0.1) is 11.3 Å². The van der Waals surface area contributed by atoms with Gasteiger partial charge >= 0.3 is 0 Å². The number of aromatic nitrogens is 2. The summed E-state index contributed by atoms with van der Waals surface area (Å²) in [7, 11) is -3.71. The number of benzene rings is 1. The Bertz CT molecular complexity index is 954. The molecule has 1 N–H and O–H groups in total. The molecule has 126 valence electrons. The van der Waals surface area contributed by atoms with E-state index in [9.17, 15) is 12.8 Å². The van der Waals surface area contributed by atoms with Crippen LogP contribution in [0.4, 0.5) is 10.2 Å². The number of sulfonamides is 1. The van der Waals surface area contributed by atoms with E-state index >= 15 is 0 Å². The van der Waals surface area contributed by atoms with Gasteiger partial charge in [0.05, 0.1) is 11.0 Å². The van der Waals surface area contributed by atoms with E-state index in [0.29, 0.717) is 4.47 Å². The molecule has 0 amide bonds. The summed E-state index contributed by atoms with van der Waals surface area (Å²) in [6.45, 7) is 0.0742. The van der Waals surface area contributed by atoms with Crippen LogP contribution in [0.3, 0.4) is 0 Å². The molecule has 0 bridgehead atoms. The maximum atomic E-state index is 13.9. The summed E-state index contributed by atoms with van der Waals surface area (Å²) >= 11 is 10.3. The van der Waals surface area contributed by atoms with Crippen LogP contribution in [0, 0.1) is 5.82 Å². The van der Waals surface area contributed by atoms with Crippen molar-refractivity contribution in [2.75, 3.05) is 4.72 Å². The van der Waals surface area contributed by atoms with E-state index in [1.165, 1.54) is 22.9 Å². The number of anilines is 1. The molecular formula is C14H10BrClFN3O2S2. The van der Waals surface area contributed by atoms with Crippen LogP contribution < -0.4 is 4.72 Å². The molecule has 24 heavy (non-hydrogen) atoms. The summed E-state index contributed by atoms with van der Waals surface area (Å²) in [5.74, 6) is -0.328. The van der Waals surface area contributed by atoms with E-state index in [0.717, 1.165) is 11.3 Å². The summed E-state index contributed by atoms with van der Waals surface area (Å²) in [4.78, 5) is 0. The van der Waals surface area contributed by atoms with E-state index in [2.05, 4.69) is 25.8 Å². The molecule has 1 aromatic carbocycles. The Kier molecular flexibility index (Phi) is 4.95. The Hall–Kier alpha value is -1.42. The first-order chi connectivity index (χ1) is 11.4. The molecule has 0 spiro atoms. The van der Waals surface area contributed by atoms with Crippen LogP contribution in [0.25, 0.3) is 0 Å². The topological polar surface area (TPSA) is 64.0 Å². The molecule has 0 radical (unpaired) electrons. The fraction of sp³-hybridized carbons (Fsp3) is 0.0714. The maximum absolute atomic E-state index is 13.9. The number of nitrogens with one attached hydrogen (secondary N) is 1. The van der Waals surface area contributed by atoms with Crippen LogP contribution in [0.1, 0.15) is 5.56 Å². The monoisotopic (exact) mass is 449 g/mol. The molecule has 0 fully saturated rings. The summed E-state index contributed by atoms with van der Waals surface area (Å²) in [5, 5.41) is 6.09. The summed E-state index contributed by atoms with van der Waals surface area (Å²) in [5.41, 5.74) is 0.279. The van der Waals surface area contributed by atoms with Crippen LogP contribution in [0.2, 0.25) is 5.02 Å². The summed E-state index contributed by atoms with van der Waals surface area (Å²) < 4.78 is 42.8. The van der Waals surface area contributed by atoms with E-state index in [4.69, 9.17) is 11.6 Å². The first kappa shape index (κ1) is 17.4. The van der Waals surface area contributed by atoms with Crippen molar-refractivity contribution >= 4 is 54.7 Å². The van der Waals surface area contributed by atoms with Gasteiger partial charge in [0.1, 0.15) is 10.0 Å². The molecule has 0 saturated heterocycles. The summed E-state index contributed by atoms with van der Waals surface area (Å²) in [6.07, 6.45) is 1.55.